The van der Waals surface area contributed by atoms with Crippen molar-refractivity contribution >= 4 is 0 Å². The third-order valence-corrected chi connectivity index (χ3v) is 1.94. The van der Waals surface area contributed by atoms with Crippen LogP contribution in [0.4, 0.5) is 0 Å². The smallest absolute Gasteiger partial charge is 0.248 e. The molecule has 1 aliphatic rings. The first-order valence-corrected chi connectivity index (χ1v) is 3.82. The first kappa shape index (κ1) is 6.65. The Kier molecular flexibility index (Phi) is 1.34. The van der Waals surface area contributed by atoms with Crippen LogP contribution in [-0.2, 0) is 0 Å². The number of pyridine rings is 1. The number of hydrogen-bond acceptors (Lipinski definition) is 1. The number of aromatic amines is 1. The quantitative estimate of drug-likeness (QED) is 0.642. The Balaban J connectivity index is 2.47. The van der Waals surface area contributed by atoms with Gasteiger partial charge in [-0.05, 0) is 37.3 Å². The average Bonchev–Trinajstić information content (AvgIpc) is 2.64. The van der Waals surface area contributed by atoms with Crippen LogP contribution in [0.25, 0.3) is 0 Å². The third kappa shape index (κ3) is 1.34. The predicted molar refractivity (Wildman–Crippen MR) is 43.5 cm³/mol. The molecule has 11 heavy (non-hydrogen) atoms. The molecule has 2 heteroatoms. The minimum Gasteiger partial charge on any atom is -0.326 e. The van der Waals surface area contributed by atoms with Crippen LogP contribution in [0.1, 0.15) is 30.0 Å². The zero-order valence-electron chi connectivity index (χ0n) is 6.26. The SMILES string of the molecule is [CH2]c1cc(C2CC2)[nH]c(=O)c1. The molecule has 0 unspecified atom stereocenters. The van der Waals surface area contributed by atoms with E-state index in [0.717, 1.165) is 11.3 Å². The molecule has 0 spiro atoms. The van der Waals surface area contributed by atoms with E-state index in [0.29, 0.717) is 5.92 Å². The van der Waals surface area contributed by atoms with Crippen molar-refractivity contribution in [1.29, 1.82) is 0 Å². The largest absolute Gasteiger partial charge is 0.326 e. The Morgan fingerprint density at radius 2 is 2.18 bits per heavy atom. The zero-order valence-corrected chi connectivity index (χ0v) is 6.26. The molecule has 1 saturated carbocycles. The van der Waals surface area contributed by atoms with Gasteiger partial charge in [-0.2, -0.15) is 0 Å². The number of hydrogen-bond donors (Lipinski definition) is 1. The van der Waals surface area contributed by atoms with Gasteiger partial charge in [-0.1, -0.05) is 0 Å². The molecule has 1 aromatic heterocycles. The summed E-state index contributed by atoms with van der Waals surface area (Å²) in [7, 11) is 0. The van der Waals surface area contributed by atoms with Crippen molar-refractivity contribution in [2.45, 2.75) is 18.8 Å². The van der Waals surface area contributed by atoms with Gasteiger partial charge in [-0.3, -0.25) is 4.79 Å². The molecule has 1 heterocycles. The highest BCUT2D eigenvalue weighted by atomic mass is 16.1. The molecule has 57 valence electrons. The fraction of sp³-hybridized carbons (Fsp3) is 0.333. The molecule has 2 nitrogen and oxygen atoms in total. The van der Waals surface area contributed by atoms with Crippen molar-refractivity contribution in [3.63, 3.8) is 0 Å². The predicted octanol–water partition coefficient (Wildman–Crippen LogP) is 1.43. The lowest BCUT2D eigenvalue weighted by Crippen LogP contribution is -2.07. The lowest BCUT2D eigenvalue weighted by atomic mass is 10.2. The number of nitrogens with one attached hydrogen (secondary N) is 1. The van der Waals surface area contributed by atoms with Gasteiger partial charge in [0.2, 0.25) is 5.56 Å². The summed E-state index contributed by atoms with van der Waals surface area (Å²) in [6, 6.07) is 3.48. The lowest BCUT2D eigenvalue weighted by molar-refractivity contribution is 0.996. The summed E-state index contributed by atoms with van der Waals surface area (Å²) < 4.78 is 0. The lowest BCUT2D eigenvalue weighted by Gasteiger charge is -1.97. The normalized spacial score (nSPS) is 16.8. The molecule has 0 aliphatic heterocycles. The monoisotopic (exact) mass is 148 g/mol. The van der Waals surface area contributed by atoms with E-state index in [1.54, 1.807) is 0 Å². The van der Waals surface area contributed by atoms with Crippen LogP contribution in [0.2, 0.25) is 0 Å². The summed E-state index contributed by atoms with van der Waals surface area (Å²) in [5, 5.41) is 0. The Hall–Kier alpha value is -1.05. The molecule has 1 aliphatic carbocycles. The molecular formula is C9H10NO. The highest BCUT2D eigenvalue weighted by Crippen LogP contribution is 2.38. The van der Waals surface area contributed by atoms with E-state index in [9.17, 15) is 4.79 Å². The van der Waals surface area contributed by atoms with Crippen molar-refractivity contribution < 1.29 is 0 Å². The van der Waals surface area contributed by atoms with E-state index in [1.165, 1.54) is 18.9 Å². The molecule has 2 rings (SSSR count). The van der Waals surface area contributed by atoms with E-state index in [-0.39, 0.29) is 5.56 Å². The maximum absolute atomic E-state index is 10.9. The first-order chi connectivity index (χ1) is 5.25. The van der Waals surface area contributed by atoms with Gasteiger partial charge in [0, 0.05) is 11.8 Å². The van der Waals surface area contributed by atoms with Gasteiger partial charge in [0.15, 0.2) is 0 Å². The second-order valence-electron chi connectivity index (χ2n) is 3.08. The van der Waals surface area contributed by atoms with E-state index in [1.807, 2.05) is 6.07 Å². The Morgan fingerprint density at radius 3 is 2.73 bits per heavy atom. The topological polar surface area (TPSA) is 32.9 Å². The van der Waals surface area contributed by atoms with Crippen LogP contribution < -0.4 is 5.56 Å². The summed E-state index contributed by atoms with van der Waals surface area (Å²) in [5.41, 5.74) is 1.84. The van der Waals surface area contributed by atoms with E-state index >= 15 is 0 Å². The minimum absolute atomic E-state index is 0.0283. The molecule has 1 fully saturated rings. The van der Waals surface area contributed by atoms with Gasteiger partial charge in [0.1, 0.15) is 0 Å². The minimum atomic E-state index is -0.0283. The summed E-state index contributed by atoms with van der Waals surface area (Å²) in [4.78, 5) is 13.8. The van der Waals surface area contributed by atoms with Gasteiger partial charge in [0.25, 0.3) is 0 Å². The molecule has 0 amide bonds. The highest BCUT2D eigenvalue weighted by molar-refractivity contribution is 5.23. The number of aromatic nitrogens is 1. The third-order valence-electron chi connectivity index (χ3n) is 1.94. The first-order valence-electron chi connectivity index (χ1n) is 3.82. The zero-order chi connectivity index (χ0) is 7.84. The molecule has 0 saturated heterocycles. The van der Waals surface area contributed by atoms with Gasteiger partial charge >= 0.3 is 0 Å². The van der Waals surface area contributed by atoms with Crippen molar-refractivity contribution in [2.75, 3.05) is 0 Å². The fourth-order valence-electron chi connectivity index (χ4n) is 1.24. The van der Waals surface area contributed by atoms with Crippen LogP contribution in [-0.4, -0.2) is 4.98 Å². The maximum atomic E-state index is 10.9. The van der Waals surface area contributed by atoms with Gasteiger partial charge in [-0.15, -0.1) is 0 Å². The van der Waals surface area contributed by atoms with E-state index < -0.39 is 0 Å². The van der Waals surface area contributed by atoms with E-state index in [2.05, 4.69) is 11.9 Å². The molecule has 0 bridgehead atoms. The standard InChI is InChI=1S/C9H10NO/c1-6-4-8(7-2-3-7)10-9(11)5-6/h4-5,7H,1-3H2,(H,10,11). The summed E-state index contributed by atoms with van der Waals surface area (Å²) in [6.07, 6.45) is 2.42. The molecular weight excluding hydrogens is 138 g/mol. The van der Waals surface area contributed by atoms with Crippen LogP contribution in [0, 0.1) is 6.92 Å². The highest BCUT2D eigenvalue weighted by Gasteiger charge is 2.24. The van der Waals surface area contributed by atoms with Crippen LogP contribution >= 0.6 is 0 Å². The number of rotatable bonds is 1. The summed E-state index contributed by atoms with van der Waals surface area (Å²) >= 11 is 0. The molecule has 1 N–H and O–H groups in total. The van der Waals surface area contributed by atoms with Crippen molar-refractivity contribution in [2.24, 2.45) is 0 Å². The molecule has 1 radical (unpaired) electrons. The maximum Gasteiger partial charge on any atom is 0.248 e. The molecule has 0 aromatic carbocycles. The second kappa shape index (κ2) is 2.22. The van der Waals surface area contributed by atoms with E-state index in [4.69, 9.17) is 0 Å². The second-order valence-corrected chi connectivity index (χ2v) is 3.08. The average molecular weight is 148 g/mol. The van der Waals surface area contributed by atoms with Crippen molar-refractivity contribution in [3.8, 4) is 0 Å². The Labute approximate surface area is 65.3 Å². The fourth-order valence-corrected chi connectivity index (χ4v) is 1.24. The number of H-pyrrole nitrogens is 1. The van der Waals surface area contributed by atoms with Crippen LogP contribution in [0.5, 0.6) is 0 Å². The molecule has 0 atom stereocenters. The van der Waals surface area contributed by atoms with Gasteiger partial charge < -0.3 is 4.98 Å². The van der Waals surface area contributed by atoms with Gasteiger partial charge in [-0.25, -0.2) is 0 Å². The summed E-state index contributed by atoms with van der Waals surface area (Å²) in [5.74, 6) is 0.601. The van der Waals surface area contributed by atoms with Gasteiger partial charge in [0.05, 0.1) is 0 Å². The molecule has 1 aromatic rings. The van der Waals surface area contributed by atoms with Crippen LogP contribution in [0.3, 0.4) is 0 Å². The Morgan fingerprint density at radius 1 is 1.45 bits per heavy atom. The van der Waals surface area contributed by atoms with Crippen molar-refractivity contribution in [1.82, 2.24) is 4.98 Å². The summed E-state index contributed by atoms with van der Waals surface area (Å²) in [6.45, 7) is 3.73. The van der Waals surface area contributed by atoms with Crippen molar-refractivity contribution in [3.05, 3.63) is 40.7 Å². The Bertz CT molecular complexity index is 323. The van der Waals surface area contributed by atoms with Crippen LogP contribution in [0.15, 0.2) is 16.9 Å².